The SMILES string of the molecule is [CH2]C(CCCCCC)C12CCC(CC1)CC2. The third-order valence-corrected chi connectivity index (χ3v) is 5.42. The molecule has 3 aliphatic rings. The molecule has 0 nitrogen and oxygen atoms in total. The molecular weight excluding hydrogens is 192 g/mol. The predicted molar refractivity (Wildman–Crippen MR) is 71.2 cm³/mol. The van der Waals surface area contributed by atoms with Gasteiger partial charge in [-0.2, -0.15) is 0 Å². The van der Waals surface area contributed by atoms with Crippen LogP contribution in [0.4, 0.5) is 0 Å². The van der Waals surface area contributed by atoms with Gasteiger partial charge in [-0.05, 0) is 69.1 Å². The second-order valence-electron chi connectivity index (χ2n) is 6.39. The summed E-state index contributed by atoms with van der Waals surface area (Å²) in [5.41, 5.74) is 0.682. The van der Waals surface area contributed by atoms with Gasteiger partial charge in [0.2, 0.25) is 0 Å². The summed E-state index contributed by atoms with van der Waals surface area (Å²) >= 11 is 0. The highest BCUT2D eigenvalue weighted by Crippen LogP contribution is 2.55. The molecule has 0 heterocycles. The van der Waals surface area contributed by atoms with Crippen molar-refractivity contribution in [1.29, 1.82) is 0 Å². The zero-order valence-electron chi connectivity index (χ0n) is 11.1. The second kappa shape index (κ2) is 5.56. The Labute approximate surface area is 102 Å². The van der Waals surface area contributed by atoms with Crippen LogP contribution >= 0.6 is 0 Å². The lowest BCUT2D eigenvalue weighted by molar-refractivity contribution is 0.0207. The minimum atomic E-state index is 0.682. The van der Waals surface area contributed by atoms with Crippen molar-refractivity contribution >= 4 is 0 Å². The van der Waals surface area contributed by atoms with E-state index in [0.29, 0.717) is 5.41 Å². The lowest BCUT2D eigenvalue weighted by atomic mass is 9.55. The van der Waals surface area contributed by atoms with Crippen molar-refractivity contribution in [3.05, 3.63) is 6.92 Å². The van der Waals surface area contributed by atoms with Gasteiger partial charge in [-0.1, -0.05) is 32.6 Å². The summed E-state index contributed by atoms with van der Waals surface area (Å²) in [6, 6.07) is 0. The quantitative estimate of drug-likeness (QED) is 0.528. The van der Waals surface area contributed by atoms with Crippen LogP contribution < -0.4 is 0 Å². The molecular formula is C16H29. The van der Waals surface area contributed by atoms with Crippen molar-refractivity contribution in [2.24, 2.45) is 17.3 Å². The van der Waals surface area contributed by atoms with Crippen molar-refractivity contribution < 1.29 is 0 Å². The third kappa shape index (κ3) is 2.63. The van der Waals surface area contributed by atoms with E-state index in [9.17, 15) is 0 Å². The molecule has 1 radical (unpaired) electrons. The molecule has 3 rings (SSSR count). The van der Waals surface area contributed by atoms with Gasteiger partial charge in [0.1, 0.15) is 0 Å². The molecule has 3 saturated carbocycles. The van der Waals surface area contributed by atoms with E-state index in [1.54, 1.807) is 0 Å². The van der Waals surface area contributed by atoms with Crippen LogP contribution in [0.2, 0.25) is 0 Å². The van der Waals surface area contributed by atoms with Crippen LogP contribution in [0, 0.1) is 24.2 Å². The summed E-state index contributed by atoms with van der Waals surface area (Å²) < 4.78 is 0. The monoisotopic (exact) mass is 221 g/mol. The van der Waals surface area contributed by atoms with Crippen molar-refractivity contribution in [2.45, 2.75) is 77.6 Å². The highest BCUT2D eigenvalue weighted by atomic mass is 14.5. The van der Waals surface area contributed by atoms with Gasteiger partial charge >= 0.3 is 0 Å². The fourth-order valence-electron chi connectivity index (χ4n) is 4.02. The molecule has 0 spiro atoms. The van der Waals surface area contributed by atoms with Gasteiger partial charge in [0.05, 0.1) is 0 Å². The van der Waals surface area contributed by atoms with E-state index in [1.807, 2.05) is 0 Å². The van der Waals surface area contributed by atoms with E-state index in [0.717, 1.165) is 11.8 Å². The van der Waals surface area contributed by atoms with E-state index in [1.165, 1.54) is 70.6 Å². The van der Waals surface area contributed by atoms with Crippen LogP contribution in [0.3, 0.4) is 0 Å². The Balaban J connectivity index is 1.76. The Bertz CT molecular complexity index is 184. The fourth-order valence-corrected chi connectivity index (χ4v) is 4.02. The average molecular weight is 221 g/mol. The van der Waals surface area contributed by atoms with Crippen LogP contribution in [0.1, 0.15) is 77.6 Å². The van der Waals surface area contributed by atoms with Gasteiger partial charge in [0.15, 0.2) is 0 Å². The first-order valence-electron chi connectivity index (χ1n) is 7.60. The molecule has 0 aliphatic heterocycles. The number of rotatable bonds is 6. The molecule has 2 bridgehead atoms. The Morgan fingerprint density at radius 1 is 1.06 bits per heavy atom. The van der Waals surface area contributed by atoms with Crippen LogP contribution in [0.15, 0.2) is 0 Å². The number of hydrogen-bond donors (Lipinski definition) is 0. The zero-order valence-corrected chi connectivity index (χ0v) is 11.1. The molecule has 1 unspecified atom stereocenters. The maximum atomic E-state index is 4.53. The summed E-state index contributed by atoms with van der Waals surface area (Å²) in [5.74, 6) is 1.85. The Kier molecular flexibility index (Phi) is 4.33. The number of fused-ring (bicyclic) bond motifs is 3. The Morgan fingerprint density at radius 3 is 2.25 bits per heavy atom. The molecule has 0 aromatic heterocycles. The number of unbranched alkanes of at least 4 members (excludes halogenated alkanes) is 3. The highest BCUT2D eigenvalue weighted by molar-refractivity contribution is 4.96. The molecule has 3 aliphatic carbocycles. The summed E-state index contributed by atoms with van der Waals surface area (Å²) in [6.45, 7) is 6.82. The molecule has 1 atom stereocenters. The molecule has 0 N–H and O–H groups in total. The lowest BCUT2D eigenvalue weighted by Gasteiger charge is -2.50. The minimum Gasteiger partial charge on any atom is -0.0654 e. The molecule has 93 valence electrons. The van der Waals surface area contributed by atoms with E-state index < -0.39 is 0 Å². The van der Waals surface area contributed by atoms with Crippen LogP contribution in [-0.4, -0.2) is 0 Å². The molecule has 3 fully saturated rings. The maximum Gasteiger partial charge on any atom is -0.0269 e. The average Bonchev–Trinajstić information content (AvgIpc) is 2.36. The van der Waals surface area contributed by atoms with Crippen molar-refractivity contribution in [3.8, 4) is 0 Å². The van der Waals surface area contributed by atoms with E-state index >= 15 is 0 Å². The topological polar surface area (TPSA) is 0 Å². The van der Waals surface area contributed by atoms with Gasteiger partial charge in [-0.3, -0.25) is 0 Å². The van der Waals surface area contributed by atoms with Gasteiger partial charge in [0, 0.05) is 0 Å². The highest BCUT2D eigenvalue weighted by Gasteiger charge is 2.43. The lowest BCUT2D eigenvalue weighted by Crippen LogP contribution is -2.39. The van der Waals surface area contributed by atoms with Gasteiger partial charge in [-0.25, -0.2) is 0 Å². The molecule has 0 aromatic rings. The summed E-state index contributed by atoms with van der Waals surface area (Å²) in [6.07, 6.45) is 16.1. The predicted octanol–water partition coefficient (Wildman–Crippen LogP) is 5.38. The first-order valence-corrected chi connectivity index (χ1v) is 7.60. The molecule has 0 heteroatoms. The second-order valence-corrected chi connectivity index (χ2v) is 6.39. The van der Waals surface area contributed by atoms with Gasteiger partial charge < -0.3 is 0 Å². The normalized spacial score (nSPS) is 35.2. The zero-order chi connectivity index (χ0) is 11.4. The van der Waals surface area contributed by atoms with Crippen molar-refractivity contribution in [3.63, 3.8) is 0 Å². The molecule has 0 amide bonds. The first-order chi connectivity index (χ1) is 7.77. The van der Waals surface area contributed by atoms with Crippen molar-refractivity contribution in [1.82, 2.24) is 0 Å². The first kappa shape index (κ1) is 12.5. The van der Waals surface area contributed by atoms with Crippen LogP contribution in [0.5, 0.6) is 0 Å². The van der Waals surface area contributed by atoms with Crippen molar-refractivity contribution in [2.75, 3.05) is 0 Å². The summed E-state index contributed by atoms with van der Waals surface area (Å²) in [5, 5.41) is 0. The maximum absolute atomic E-state index is 4.53. The smallest absolute Gasteiger partial charge is 0.0269 e. The van der Waals surface area contributed by atoms with Gasteiger partial charge in [0.25, 0.3) is 0 Å². The van der Waals surface area contributed by atoms with E-state index in [-0.39, 0.29) is 0 Å². The molecule has 0 aromatic carbocycles. The Morgan fingerprint density at radius 2 is 1.69 bits per heavy atom. The summed E-state index contributed by atoms with van der Waals surface area (Å²) in [7, 11) is 0. The van der Waals surface area contributed by atoms with Crippen LogP contribution in [0.25, 0.3) is 0 Å². The van der Waals surface area contributed by atoms with Gasteiger partial charge in [-0.15, -0.1) is 0 Å². The largest absolute Gasteiger partial charge is 0.0654 e. The molecule has 16 heavy (non-hydrogen) atoms. The number of hydrogen-bond acceptors (Lipinski definition) is 0. The third-order valence-electron chi connectivity index (χ3n) is 5.42. The van der Waals surface area contributed by atoms with Crippen LogP contribution in [-0.2, 0) is 0 Å². The molecule has 0 saturated heterocycles. The van der Waals surface area contributed by atoms with E-state index in [4.69, 9.17) is 0 Å². The Hall–Kier alpha value is 0. The minimum absolute atomic E-state index is 0.682. The summed E-state index contributed by atoms with van der Waals surface area (Å²) in [4.78, 5) is 0. The van der Waals surface area contributed by atoms with E-state index in [2.05, 4.69) is 13.8 Å². The fraction of sp³-hybridized carbons (Fsp3) is 0.938. The standard InChI is InChI=1S/C16H29/c1-3-4-5-6-7-14(2)16-11-8-15(9-12-16)10-13-16/h14-15H,2-13H2,1H3.